The van der Waals surface area contributed by atoms with Gasteiger partial charge in [0, 0.05) is 18.3 Å². The third-order valence-electron chi connectivity index (χ3n) is 7.47. The second kappa shape index (κ2) is 5.09. The number of aryl methyl sites for hydroxylation is 1. The molecule has 5 rings (SSSR count). The van der Waals surface area contributed by atoms with Gasteiger partial charge in [-0.3, -0.25) is 9.59 Å². The van der Waals surface area contributed by atoms with Gasteiger partial charge in [-0.15, -0.1) is 0 Å². The van der Waals surface area contributed by atoms with Gasteiger partial charge >= 0.3 is 5.97 Å². The van der Waals surface area contributed by atoms with E-state index >= 15 is 0 Å². The fourth-order valence-electron chi connectivity index (χ4n) is 6.61. The van der Waals surface area contributed by atoms with Gasteiger partial charge in [-0.2, -0.15) is 0 Å². The Balaban J connectivity index is 1.60. The lowest BCUT2D eigenvalue weighted by molar-refractivity contribution is -0.158. The van der Waals surface area contributed by atoms with Crippen molar-refractivity contribution in [1.82, 2.24) is 0 Å². The zero-order chi connectivity index (χ0) is 17.3. The molecule has 3 aliphatic carbocycles. The third kappa shape index (κ3) is 1.88. The summed E-state index contributed by atoms with van der Waals surface area (Å²) in [5, 5.41) is 0. The van der Waals surface area contributed by atoms with Crippen molar-refractivity contribution < 1.29 is 19.1 Å². The van der Waals surface area contributed by atoms with Crippen LogP contribution >= 0.6 is 0 Å². The molecule has 1 heterocycles. The first-order valence-corrected chi connectivity index (χ1v) is 9.45. The van der Waals surface area contributed by atoms with E-state index in [1.54, 1.807) is 14.0 Å². The van der Waals surface area contributed by atoms with Gasteiger partial charge in [0.25, 0.3) is 0 Å². The first kappa shape index (κ1) is 15.4. The summed E-state index contributed by atoms with van der Waals surface area (Å²) >= 11 is 0. The van der Waals surface area contributed by atoms with Crippen LogP contribution in [0.25, 0.3) is 0 Å². The number of Topliss-reactive ketones (excluding diaryl/α,β-unsaturated/α-hetero) is 1. The Labute approximate surface area is 147 Å². The van der Waals surface area contributed by atoms with Crippen LogP contribution in [-0.4, -0.2) is 24.5 Å². The molecule has 4 aliphatic rings. The molecule has 1 aliphatic heterocycles. The Kier molecular flexibility index (Phi) is 3.14. The largest absolute Gasteiger partial charge is 0.497 e. The number of ketones is 1. The van der Waals surface area contributed by atoms with E-state index in [1.165, 1.54) is 11.1 Å². The van der Waals surface area contributed by atoms with Crippen LogP contribution in [0.3, 0.4) is 0 Å². The van der Waals surface area contributed by atoms with E-state index in [0.29, 0.717) is 11.8 Å². The van der Waals surface area contributed by atoms with Gasteiger partial charge in [-0.05, 0) is 61.8 Å². The minimum Gasteiger partial charge on any atom is -0.497 e. The first-order valence-electron chi connectivity index (χ1n) is 9.45. The van der Waals surface area contributed by atoms with Crippen LogP contribution in [0, 0.1) is 23.7 Å². The molecule has 0 aromatic heterocycles. The fourth-order valence-corrected chi connectivity index (χ4v) is 6.61. The van der Waals surface area contributed by atoms with E-state index in [4.69, 9.17) is 9.47 Å². The van der Waals surface area contributed by atoms with Crippen molar-refractivity contribution in [2.75, 3.05) is 7.11 Å². The topological polar surface area (TPSA) is 52.6 Å². The molecule has 0 unspecified atom stereocenters. The molecule has 6 atom stereocenters. The molecule has 1 aromatic carbocycles. The summed E-state index contributed by atoms with van der Waals surface area (Å²) in [6, 6.07) is 6.29. The molecule has 3 fully saturated rings. The molecule has 2 saturated carbocycles. The van der Waals surface area contributed by atoms with Gasteiger partial charge in [-0.25, -0.2) is 0 Å². The minimum atomic E-state index is -0.501. The number of methoxy groups -OCH3 is 1. The Bertz CT molecular complexity index is 769. The number of benzene rings is 1. The minimum absolute atomic E-state index is 0.0747. The van der Waals surface area contributed by atoms with Gasteiger partial charge in [0.15, 0.2) is 0 Å². The van der Waals surface area contributed by atoms with Gasteiger partial charge in [0.2, 0.25) is 0 Å². The second-order valence-corrected chi connectivity index (χ2v) is 8.33. The van der Waals surface area contributed by atoms with Crippen LogP contribution in [0.15, 0.2) is 18.2 Å². The standard InChI is InChI=1S/C21H24O4/c1-11(22)17-7-8-18-15-5-3-12-9-13(24-2)4-6-14(12)19(15)16-10-21(17,18)25-20(16)23/h4,6,9,15-19H,3,5,7-8,10H2,1-2H3/t15-,16-,17-,18-,19+,21-/m0/s1. The summed E-state index contributed by atoms with van der Waals surface area (Å²) in [7, 11) is 1.69. The molecule has 0 radical (unpaired) electrons. The number of esters is 1. The highest BCUT2D eigenvalue weighted by Crippen LogP contribution is 2.65. The Morgan fingerprint density at radius 2 is 2.12 bits per heavy atom. The van der Waals surface area contributed by atoms with Crippen LogP contribution in [0.5, 0.6) is 5.75 Å². The van der Waals surface area contributed by atoms with Crippen molar-refractivity contribution in [1.29, 1.82) is 0 Å². The summed E-state index contributed by atoms with van der Waals surface area (Å²) in [5.41, 5.74) is 2.12. The van der Waals surface area contributed by atoms with E-state index in [9.17, 15) is 9.59 Å². The molecule has 1 saturated heterocycles. The first-order chi connectivity index (χ1) is 12.0. The molecule has 4 heteroatoms. The van der Waals surface area contributed by atoms with Gasteiger partial charge in [0.05, 0.1) is 18.9 Å². The Morgan fingerprint density at radius 1 is 1.28 bits per heavy atom. The summed E-state index contributed by atoms with van der Waals surface area (Å²) in [4.78, 5) is 25.0. The van der Waals surface area contributed by atoms with Crippen LogP contribution in [0.1, 0.15) is 49.7 Å². The average molecular weight is 340 g/mol. The summed E-state index contributed by atoms with van der Waals surface area (Å²) in [6.07, 6.45) is 4.71. The monoisotopic (exact) mass is 340 g/mol. The number of carbonyl (C=O) groups is 2. The third-order valence-corrected chi connectivity index (χ3v) is 7.47. The van der Waals surface area contributed by atoms with Gasteiger partial charge in [-0.1, -0.05) is 6.07 Å². The summed E-state index contributed by atoms with van der Waals surface area (Å²) < 4.78 is 11.4. The lowest BCUT2D eigenvalue weighted by Gasteiger charge is -2.47. The van der Waals surface area contributed by atoms with Crippen molar-refractivity contribution in [2.45, 2.75) is 50.5 Å². The highest BCUT2D eigenvalue weighted by atomic mass is 16.6. The van der Waals surface area contributed by atoms with E-state index in [0.717, 1.165) is 37.9 Å². The quantitative estimate of drug-likeness (QED) is 0.776. The second-order valence-electron chi connectivity index (χ2n) is 8.33. The Hall–Kier alpha value is -1.84. The average Bonchev–Trinajstić information content (AvgIpc) is 3.12. The predicted molar refractivity (Wildman–Crippen MR) is 91.4 cm³/mol. The fraction of sp³-hybridized carbons (Fsp3) is 0.619. The van der Waals surface area contributed by atoms with Gasteiger partial charge in [0.1, 0.15) is 17.1 Å². The number of hydrogen-bond acceptors (Lipinski definition) is 4. The molecular formula is C21H24O4. The van der Waals surface area contributed by atoms with Crippen molar-refractivity contribution >= 4 is 11.8 Å². The zero-order valence-electron chi connectivity index (χ0n) is 14.8. The normalized spacial score (nSPS) is 40.7. The number of rotatable bonds is 2. The summed E-state index contributed by atoms with van der Waals surface area (Å²) in [6.45, 7) is 1.66. The van der Waals surface area contributed by atoms with Gasteiger partial charge < -0.3 is 9.47 Å². The molecule has 25 heavy (non-hydrogen) atoms. The predicted octanol–water partition coefficient (Wildman–Crippen LogP) is 3.27. The highest BCUT2D eigenvalue weighted by molar-refractivity contribution is 5.84. The maximum Gasteiger partial charge on any atom is 0.310 e. The molecule has 0 N–H and O–H groups in total. The van der Waals surface area contributed by atoms with Crippen molar-refractivity contribution in [3.63, 3.8) is 0 Å². The van der Waals surface area contributed by atoms with E-state index in [2.05, 4.69) is 12.1 Å². The molecular weight excluding hydrogens is 316 g/mol. The van der Waals surface area contributed by atoms with Crippen molar-refractivity contribution in [3.05, 3.63) is 29.3 Å². The lowest BCUT2D eigenvalue weighted by atomic mass is 9.55. The Morgan fingerprint density at radius 3 is 2.88 bits per heavy atom. The molecule has 4 nitrogen and oxygen atoms in total. The van der Waals surface area contributed by atoms with Crippen LogP contribution < -0.4 is 4.74 Å². The number of fused-ring (bicyclic) bond motifs is 6. The highest BCUT2D eigenvalue weighted by Gasteiger charge is 2.68. The lowest BCUT2D eigenvalue weighted by Crippen LogP contribution is -2.50. The smallest absolute Gasteiger partial charge is 0.310 e. The number of ether oxygens (including phenoxy) is 2. The maximum absolute atomic E-state index is 12.8. The van der Waals surface area contributed by atoms with E-state index in [1.807, 2.05) is 6.07 Å². The number of carbonyl (C=O) groups excluding carboxylic acids is 2. The van der Waals surface area contributed by atoms with Crippen LogP contribution in [0.2, 0.25) is 0 Å². The number of hydrogen-bond donors (Lipinski definition) is 0. The SMILES string of the molecule is COc1ccc2c(c1)CC[C@@H]1[C@@H]2[C@@H]2C[C@]3(OC2=O)[C@H](C(C)=O)CC[C@@H]13. The zero-order valence-corrected chi connectivity index (χ0v) is 14.8. The van der Waals surface area contributed by atoms with E-state index < -0.39 is 5.60 Å². The van der Waals surface area contributed by atoms with Crippen LogP contribution in [-0.2, 0) is 20.7 Å². The summed E-state index contributed by atoms with van der Waals surface area (Å²) in [5.74, 6) is 1.85. The van der Waals surface area contributed by atoms with E-state index in [-0.39, 0.29) is 29.5 Å². The van der Waals surface area contributed by atoms with Crippen LogP contribution in [0.4, 0.5) is 0 Å². The molecule has 132 valence electrons. The van der Waals surface area contributed by atoms with Crippen molar-refractivity contribution in [2.24, 2.45) is 23.7 Å². The molecule has 0 amide bonds. The maximum atomic E-state index is 12.8. The molecule has 2 bridgehead atoms. The molecule has 1 aromatic rings. The molecule has 1 spiro atoms. The van der Waals surface area contributed by atoms with Crippen molar-refractivity contribution in [3.8, 4) is 5.75 Å².